The Morgan fingerprint density at radius 1 is 1.29 bits per heavy atom. The summed E-state index contributed by atoms with van der Waals surface area (Å²) in [5, 5.41) is 0. The van der Waals surface area contributed by atoms with Crippen molar-refractivity contribution in [2.24, 2.45) is 5.73 Å². The molecule has 0 amide bonds. The Morgan fingerprint density at radius 3 is 2.76 bits per heavy atom. The van der Waals surface area contributed by atoms with Crippen molar-refractivity contribution in [3.05, 3.63) is 58.8 Å². The van der Waals surface area contributed by atoms with Gasteiger partial charge in [0.1, 0.15) is 11.6 Å². The van der Waals surface area contributed by atoms with Gasteiger partial charge in [-0.2, -0.15) is 0 Å². The molecule has 0 bridgehead atoms. The van der Waals surface area contributed by atoms with E-state index in [4.69, 9.17) is 10.2 Å². The molecular formula is C14H16FNO. The zero-order valence-corrected chi connectivity index (χ0v) is 10.0. The Kier molecular flexibility index (Phi) is 3.29. The molecule has 0 aliphatic rings. The molecule has 0 aliphatic heterocycles. The fourth-order valence-electron chi connectivity index (χ4n) is 1.98. The maximum absolute atomic E-state index is 13.7. The van der Waals surface area contributed by atoms with Crippen molar-refractivity contribution in [2.75, 3.05) is 0 Å². The summed E-state index contributed by atoms with van der Waals surface area (Å²) < 4.78 is 19.1. The average molecular weight is 233 g/mol. The predicted octanol–water partition coefficient (Wildman–Crippen LogP) is 3.34. The van der Waals surface area contributed by atoms with E-state index in [1.807, 2.05) is 19.9 Å². The minimum absolute atomic E-state index is 0.272. The van der Waals surface area contributed by atoms with Crippen LogP contribution < -0.4 is 5.73 Å². The highest BCUT2D eigenvalue weighted by molar-refractivity contribution is 5.35. The van der Waals surface area contributed by atoms with E-state index in [0.29, 0.717) is 5.56 Å². The van der Waals surface area contributed by atoms with Gasteiger partial charge < -0.3 is 10.2 Å². The number of rotatable bonds is 3. The van der Waals surface area contributed by atoms with Crippen LogP contribution in [0.3, 0.4) is 0 Å². The lowest BCUT2D eigenvalue weighted by Crippen LogP contribution is -2.14. The molecule has 2 N–H and O–H groups in total. The lowest BCUT2D eigenvalue weighted by molar-refractivity contribution is 0.507. The van der Waals surface area contributed by atoms with Gasteiger partial charge in [0.05, 0.1) is 12.3 Å². The molecule has 2 aromatic rings. The largest absolute Gasteiger partial charge is 0.469 e. The minimum Gasteiger partial charge on any atom is -0.469 e. The first-order valence-electron chi connectivity index (χ1n) is 5.71. The first kappa shape index (κ1) is 11.9. The molecule has 2 nitrogen and oxygen atoms in total. The summed E-state index contributed by atoms with van der Waals surface area (Å²) in [5.41, 5.74) is 8.48. The van der Waals surface area contributed by atoms with Gasteiger partial charge in [-0.25, -0.2) is 4.39 Å². The SMILES string of the molecule is CCc1occc1C(N)c1cc(C)ccc1F. The van der Waals surface area contributed by atoms with Crippen molar-refractivity contribution in [3.8, 4) is 0 Å². The molecule has 0 spiro atoms. The van der Waals surface area contributed by atoms with Crippen LogP contribution in [-0.4, -0.2) is 0 Å². The van der Waals surface area contributed by atoms with Gasteiger partial charge in [-0.1, -0.05) is 24.6 Å². The van der Waals surface area contributed by atoms with Crippen LogP contribution >= 0.6 is 0 Å². The fourth-order valence-corrected chi connectivity index (χ4v) is 1.98. The van der Waals surface area contributed by atoms with Gasteiger partial charge in [-0.15, -0.1) is 0 Å². The summed E-state index contributed by atoms with van der Waals surface area (Å²) in [4.78, 5) is 0. The minimum atomic E-state index is -0.469. The zero-order valence-electron chi connectivity index (χ0n) is 10.0. The molecule has 1 heterocycles. The van der Waals surface area contributed by atoms with Crippen molar-refractivity contribution >= 4 is 0 Å². The highest BCUT2D eigenvalue weighted by atomic mass is 19.1. The third kappa shape index (κ3) is 2.24. The maximum Gasteiger partial charge on any atom is 0.128 e. The van der Waals surface area contributed by atoms with Crippen molar-refractivity contribution in [2.45, 2.75) is 26.3 Å². The molecule has 0 radical (unpaired) electrons. The topological polar surface area (TPSA) is 39.2 Å². The molecule has 1 atom stereocenters. The van der Waals surface area contributed by atoms with Gasteiger partial charge in [0.25, 0.3) is 0 Å². The van der Waals surface area contributed by atoms with Crippen LogP contribution in [0.15, 0.2) is 34.9 Å². The Labute approximate surface area is 100 Å². The summed E-state index contributed by atoms with van der Waals surface area (Å²) >= 11 is 0. The molecule has 2 rings (SSSR count). The van der Waals surface area contributed by atoms with Crippen LogP contribution in [0.25, 0.3) is 0 Å². The monoisotopic (exact) mass is 233 g/mol. The van der Waals surface area contributed by atoms with Crippen LogP contribution in [0.2, 0.25) is 0 Å². The lowest BCUT2D eigenvalue weighted by atomic mass is 9.97. The van der Waals surface area contributed by atoms with Crippen molar-refractivity contribution in [1.29, 1.82) is 0 Å². The van der Waals surface area contributed by atoms with Crippen LogP contribution in [0.1, 0.15) is 35.4 Å². The summed E-state index contributed by atoms with van der Waals surface area (Å²) in [6.45, 7) is 3.91. The average Bonchev–Trinajstić information content (AvgIpc) is 2.79. The molecule has 0 aliphatic carbocycles. The zero-order chi connectivity index (χ0) is 12.4. The molecule has 0 saturated carbocycles. The first-order valence-corrected chi connectivity index (χ1v) is 5.71. The van der Waals surface area contributed by atoms with Crippen molar-refractivity contribution in [1.82, 2.24) is 0 Å². The third-order valence-corrected chi connectivity index (χ3v) is 2.92. The second-order valence-corrected chi connectivity index (χ2v) is 4.16. The van der Waals surface area contributed by atoms with E-state index in [0.717, 1.165) is 23.3 Å². The number of nitrogens with two attached hydrogens (primary N) is 1. The van der Waals surface area contributed by atoms with Crippen LogP contribution in [-0.2, 0) is 6.42 Å². The quantitative estimate of drug-likeness (QED) is 0.883. The standard InChI is InChI=1S/C14H16FNO/c1-3-13-10(6-7-17-13)14(16)11-8-9(2)4-5-12(11)15/h4-8,14H,3,16H2,1-2H3. The number of furan rings is 1. The van der Waals surface area contributed by atoms with Crippen LogP contribution in [0, 0.1) is 12.7 Å². The number of hydrogen-bond acceptors (Lipinski definition) is 2. The van der Waals surface area contributed by atoms with Gasteiger partial charge in [0.2, 0.25) is 0 Å². The smallest absolute Gasteiger partial charge is 0.128 e. The third-order valence-electron chi connectivity index (χ3n) is 2.92. The highest BCUT2D eigenvalue weighted by Crippen LogP contribution is 2.26. The Balaban J connectivity index is 2.43. The Morgan fingerprint density at radius 2 is 2.06 bits per heavy atom. The van der Waals surface area contributed by atoms with Crippen LogP contribution in [0.4, 0.5) is 4.39 Å². The Hall–Kier alpha value is -1.61. The maximum atomic E-state index is 13.7. The van der Waals surface area contributed by atoms with E-state index < -0.39 is 6.04 Å². The van der Waals surface area contributed by atoms with E-state index >= 15 is 0 Å². The molecule has 0 fully saturated rings. The van der Waals surface area contributed by atoms with Crippen LogP contribution in [0.5, 0.6) is 0 Å². The molecule has 1 unspecified atom stereocenters. The summed E-state index contributed by atoms with van der Waals surface area (Å²) in [5.74, 6) is 0.546. The van der Waals surface area contributed by atoms with E-state index in [9.17, 15) is 4.39 Å². The van der Waals surface area contributed by atoms with Crippen molar-refractivity contribution < 1.29 is 8.81 Å². The molecule has 0 saturated heterocycles. The number of hydrogen-bond donors (Lipinski definition) is 1. The lowest BCUT2D eigenvalue weighted by Gasteiger charge is -2.13. The number of benzene rings is 1. The molecule has 1 aromatic heterocycles. The molecule has 17 heavy (non-hydrogen) atoms. The van der Waals surface area contributed by atoms with Gasteiger partial charge in [-0.05, 0) is 19.1 Å². The highest BCUT2D eigenvalue weighted by Gasteiger charge is 2.18. The van der Waals surface area contributed by atoms with Gasteiger partial charge in [-0.3, -0.25) is 0 Å². The summed E-state index contributed by atoms with van der Waals surface area (Å²) in [7, 11) is 0. The van der Waals surface area contributed by atoms with E-state index in [2.05, 4.69) is 0 Å². The number of halogens is 1. The second-order valence-electron chi connectivity index (χ2n) is 4.16. The van der Waals surface area contributed by atoms with Gasteiger partial charge >= 0.3 is 0 Å². The predicted molar refractivity (Wildman–Crippen MR) is 65.3 cm³/mol. The molecule has 90 valence electrons. The Bertz CT molecular complexity index is 519. The van der Waals surface area contributed by atoms with E-state index in [1.165, 1.54) is 6.07 Å². The second kappa shape index (κ2) is 4.72. The summed E-state index contributed by atoms with van der Waals surface area (Å²) in [6.07, 6.45) is 2.35. The van der Waals surface area contributed by atoms with E-state index in [-0.39, 0.29) is 5.82 Å². The molecular weight excluding hydrogens is 217 g/mol. The van der Waals surface area contributed by atoms with Crippen molar-refractivity contribution in [3.63, 3.8) is 0 Å². The van der Waals surface area contributed by atoms with Gasteiger partial charge in [0.15, 0.2) is 0 Å². The molecule has 1 aromatic carbocycles. The fraction of sp³-hybridized carbons (Fsp3) is 0.286. The summed E-state index contributed by atoms with van der Waals surface area (Å²) in [6, 6.07) is 6.32. The van der Waals surface area contributed by atoms with E-state index in [1.54, 1.807) is 18.4 Å². The molecule has 3 heteroatoms. The number of aryl methyl sites for hydroxylation is 2. The first-order chi connectivity index (χ1) is 8.13. The normalized spacial score (nSPS) is 12.7. The van der Waals surface area contributed by atoms with Gasteiger partial charge in [0, 0.05) is 17.5 Å².